The number of carbonyl (C=O) groups excluding carboxylic acids is 1. The van der Waals surface area contributed by atoms with Gasteiger partial charge in [-0.15, -0.1) is 0 Å². The number of aromatic nitrogens is 2. The summed E-state index contributed by atoms with van der Waals surface area (Å²) in [6, 6.07) is 5.92. The Labute approximate surface area is 113 Å². The van der Waals surface area contributed by atoms with Crippen molar-refractivity contribution in [1.82, 2.24) is 9.55 Å². The van der Waals surface area contributed by atoms with Crippen molar-refractivity contribution in [3.05, 3.63) is 48.0 Å². The van der Waals surface area contributed by atoms with Gasteiger partial charge in [-0.25, -0.2) is 4.98 Å². The molecule has 4 nitrogen and oxygen atoms in total. The van der Waals surface area contributed by atoms with Crippen molar-refractivity contribution in [2.24, 2.45) is 0 Å². The molecule has 0 radical (unpaired) electrons. The van der Waals surface area contributed by atoms with E-state index in [1.54, 1.807) is 26.2 Å². The van der Waals surface area contributed by atoms with Crippen LogP contribution in [0.3, 0.4) is 0 Å². The Kier molecular flexibility index (Phi) is 3.42. The zero-order chi connectivity index (χ0) is 14.0. The Balaban J connectivity index is 2.23. The topological polar surface area (TPSA) is 44.1 Å². The minimum absolute atomic E-state index is 0.149. The minimum Gasteiger partial charge on any atom is -0.478 e. The van der Waals surface area contributed by atoms with Crippen LogP contribution in [0.1, 0.15) is 29.8 Å². The van der Waals surface area contributed by atoms with E-state index in [4.69, 9.17) is 4.74 Å². The molecule has 0 amide bonds. The first-order valence-electron chi connectivity index (χ1n) is 6.18. The number of carbonyl (C=O) groups is 1. The Morgan fingerprint density at radius 2 is 1.84 bits per heavy atom. The van der Waals surface area contributed by atoms with Crippen LogP contribution in [-0.4, -0.2) is 21.1 Å². The molecule has 0 aliphatic heterocycles. The second-order valence-electron chi connectivity index (χ2n) is 5.21. The van der Waals surface area contributed by atoms with Crippen LogP contribution in [0.15, 0.2) is 36.9 Å². The van der Waals surface area contributed by atoms with Crippen LogP contribution in [0.4, 0.5) is 0 Å². The van der Waals surface area contributed by atoms with Crippen molar-refractivity contribution in [2.45, 2.75) is 33.3 Å². The molecule has 0 fully saturated rings. The van der Waals surface area contributed by atoms with E-state index in [1.165, 1.54) is 10.9 Å². The molecule has 2 aromatic rings. The summed E-state index contributed by atoms with van der Waals surface area (Å²) in [7, 11) is 0. The molecular weight excluding hydrogens is 240 g/mol. The first-order valence-corrected chi connectivity index (χ1v) is 6.18. The number of benzene rings is 1. The number of nitrogens with zero attached hydrogens (tertiary/aromatic N) is 2. The van der Waals surface area contributed by atoms with Crippen LogP contribution in [-0.2, 0) is 0 Å². The van der Waals surface area contributed by atoms with E-state index < -0.39 is 5.60 Å². The second kappa shape index (κ2) is 4.88. The third-order valence-corrected chi connectivity index (χ3v) is 2.82. The van der Waals surface area contributed by atoms with Crippen molar-refractivity contribution in [3.63, 3.8) is 0 Å². The van der Waals surface area contributed by atoms with Gasteiger partial charge in [0.25, 0.3) is 5.91 Å². The molecule has 1 aromatic heterocycles. The lowest BCUT2D eigenvalue weighted by Crippen LogP contribution is -2.41. The highest BCUT2D eigenvalue weighted by atomic mass is 16.5. The van der Waals surface area contributed by atoms with E-state index >= 15 is 0 Å². The fraction of sp³-hybridized carbons (Fsp3) is 0.333. The fourth-order valence-electron chi connectivity index (χ4n) is 2.02. The van der Waals surface area contributed by atoms with Crippen LogP contribution < -0.4 is 4.74 Å². The molecule has 2 rings (SSSR count). The van der Waals surface area contributed by atoms with E-state index in [0.29, 0.717) is 5.75 Å². The molecule has 19 heavy (non-hydrogen) atoms. The summed E-state index contributed by atoms with van der Waals surface area (Å²) < 4.78 is 7.28. The van der Waals surface area contributed by atoms with Gasteiger partial charge < -0.3 is 4.74 Å². The quantitative estimate of drug-likeness (QED) is 0.850. The van der Waals surface area contributed by atoms with Gasteiger partial charge >= 0.3 is 0 Å². The van der Waals surface area contributed by atoms with Crippen molar-refractivity contribution in [1.29, 1.82) is 0 Å². The summed E-state index contributed by atoms with van der Waals surface area (Å²) in [6.45, 7) is 7.52. The standard InChI is InChI=1S/C15H18N2O2/c1-11-7-12(2)9-13(8-11)19-15(3,4)14(18)17-6-5-16-10-17/h5-10H,1-4H3. The van der Waals surface area contributed by atoms with Gasteiger partial charge in [0, 0.05) is 12.4 Å². The molecule has 0 aliphatic rings. The molecule has 1 aromatic carbocycles. The van der Waals surface area contributed by atoms with Gasteiger partial charge in [-0.05, 0) is 51.0 Å². The predicted octanol–water partition coefficient (Wildman–Crippen LogP) is 3.00. The number of aryl methyl sites for hydroxylation is 2. The number of hydrogen-bond acceptors (Lipinski definition) is 3. The van der Waals surface area contributed by atoms with Gasteiger partial charge in [0.15, 0.2) is 5.60 Å². The Hall–Kier alpha value is -2.10. The minimum atomic E-state index is -0.944. The van der Waals surface area contributed by atoms with Gasteiger partial charge in [-0.2, -0.15) is 0 Å². The number of ether oxygens (including phenoxy) is 1. The van der Waals surface area contributed by atoms with Crippen LogP contribution in [0.5, 0.6) is 5.75 Å². The molecule has 0 unspecified atom stereocenters. The van der Waals surface area contributed by atoms with Gasteiger partial charge in [0.2, 0.25) is 0 Å². The van der Waals surface area contributed by atoms with Crippen LogP contribution >= 0.6 is 0 Å². The maximum absolute atomic E-state index is 12.3. The average molecular weight is 258 g/mol. The highest BCUT2D eigenvalue weighted by Gasteiger charge is 2.31. The SMILES string of the molecule is Cc1cc(C)cc(OC(C)(C)C(=O)n2ccnc2)c1. The Bertz CT molecular complexity index is 566. The molecule has 0 aliphatic carbocycles. The van der Waals surface area contributed by atoms with E-state index in [9.17, 15) is 4.79 Å². The van der Waals surface area contributed by atoms with Gasteiger partial charge in [0.05, 0.1) is 0 Å². The summed E-state index contributed by atoms with van der Waals surface area (Å²) in [5, 5.41) is 0. The zero-order valence-electron chi connectivity index (χ0n) is 11.7. The summed E-state index contributed by atoms with van der Waals surface area (Å²) in [5.74, 6) is 0.556. The molecule has 0 bridgehead atoms. The fourth-order valence-corrected chi connectivity index (χ4v) is 2.02. The molecule has 0 atom stereocenters. The maximum atomic E-state index is 12.3. The van der Waals surface area contributed by atoms with Crippen molar-refractivity contribution >= 4 is 5.91 Å². The van der Waals surface area contributed by atoms with Crippen molar-refractivity contribution in [2.75, 3.05) is 0 Å². The zero-order valence-corrected chi connectivity index (χ0v) is 11.7. The highest BCUT2D eigenvalue weighted by Crippen LogP contribution is 2.22. The lowest BCUT2D eigenvalue weighted by atomic mass is 10.1. The largest absolute Gasteiger partial charge is 0.478 e. The molecule has 0 saturated carbocycles. The van der Waals surface area contributed by atoms with E-state index in [0.717, 1.165) is 11.1 Å². The second-order valence-corrected chi connectivity index (χ2v) is 5.21. The van der Waals surface area contributed by atoms with Crippen LogP contribution in [0, 0.1) is 13.8 Å². The van der Waals surface area contributed by atoms with Crippen LogP contribution in [0.2, 0.25) is 0 Å². The predicted molar refractivity (Wildman–Crippen MR) is 73.5 cm³/mol. The maximum Gasteiger partial charge on any atom is 0.275 e. The number of rotatable bonds is 3. The summed E-state index contributed by atoms with van der Waals surface area (Å²) in [6.07, 6.45) is 4.68. The Morgan fingerprint density at radius 3 is 2.37 bits per heavy atom. The smallest absolute Gasteiger partial charge is 0.275 e. The summed E-state index contributed by atoms with van der Waals surface area (Å²) in [4.78, 5) is 16.2. The first kappa shape index (κ1) is 13.3. The van der Waals surface area contributed by atoms with Gasteiger partial charge in [0.1, 0.15) is 12.1 Å². The van der Waals surface area contributed by atoms with E-state index in [1.807, 2.05) is 26.0 Å². The van der Waals surface area contributed by atoms with Crippen LogP contribution in [0.25, 0.3) is 0 Å². The number of imidazole rings is 1. The summed E-state index contributed by atoms with van der Waals surface area (Å²) >= 11 is 0. The van der Waals surface area contributed by atoms with Crippen molar-refractivity contribution in [3.8, 4) is 5.75 Å². The highest BCUT2D eigenvalue weighted by molar-refractivity contribution is 5.86. The van der Waals surface area contributed by atoms with E-state index in [-0.39, 0.29) is 5.91 Å². The summed E-state index contributed by atoms with van der Waals surface area (Å²) in [5.41, 5.74) is 1.28. The third kappa shape index (κ3) is 3.02. The molecule has 100 valence electrons. The lowest BCUT2D eigenvalue weighted by Gasteiger charge is -2.25. The number of hydrogen-bond donors (Lipinski definition) is 0. The molecule has 1 heterocycles. The van der Waals surface area contributed by atoms with Gasteiger partial charge in [-0.1, -0.05) is 6.07 Å². The lowest BCUT2D eigenvalue weighted by molar-refractivity contribution is 0.0487. The average Bonchev–Trinajstić information content (AvgIpc) is 2.78. The van der Waals surface area contributed by atoms with E-state index in [2.05, 4.69) is 11.1 Å². The third-order valence-electron chi connectivity index (χ3n) is 2.82. The first-order chi connectivity index (χ1) is 8.88. The molecular formula is C15H18N2O2. The normalized spacial score (nSPS) is 11.4. The molecule has 4 heteroatoms. The van der Waals surface area contributed by atoms with Crippen molar-refractivity contribution < 1.29 is 9.53 Å². The molecule has 0 saturated heterocycles. The Morgan fingerprint density at radius 1 is 1.21 bits per heavy atom. The molecule has 0 N–H and O–H groups in total. The van der Waals surface area contributed by atoms with Gasteiger partial charge in [-0.3, -0.25) is 9.36 Å². The molecule has 0 spiro atoms. The monoisotopic (exact) mass is 258 g/mol.